The van der Waals surface area contributed by atoms with Gasteiger partial charge in [0, 0.05) is 5.02 Å². The molecule has 0 spiro atoms. The number of hydrogen-bond donors (Lipinski definition) is 1. The number of halogens is 1. The molecule has 0 saturated heterocycles. The van der Waals surface area contributed by atoms with Gasteiger partial charge in [-0.25, -0.2) is 8.42 Å². The van der Waals surface area contributed by atoms with Crippen molar-refractivity contribution < 1.29 is 42.8 Å². The molecule has 0 fully saturated rings. The molecule has 2 amide bonds. The molecule has 0 aliphatic carbocycles. The molecular weight excluding hydrogens is 287 g/mol. The third-order valence-corrected chi connectivity index (χ3v) is 3.25. The largest absolute Gasteiger partial charge is 1.00 e. The van der Waals surface area contributed by atoms with Crippen LogP contribution in [-0.2, 0) is 10.0 Å². The number of benzene rings is 1. The Labute approximate surface area is 134 Å². The van der Waals surface area contributed by atoms with Gasteiger partial charge in [0.05, 0.1) is 4.90 Å². The summed E-state index contributed by atoms with van der Waals surface area (Å²) in [5.41, 5.74) is 0. The third-order valence-electron chi connectivity index (χ3n) is 1.73. The summed E-state index contributed by atoms with van der Waals surface area (Å²) < 4.78 is 26.5. The van der Waals surface area contributed by atoms with Crippen LogP contribution in [0.4, 0.5) is 4.79 Å². The molecule has 0 bridgehead atoms. The SMILES string of the molecule is CC(C)NC(=O)[N-]S(=O)(=O)c1ccc(Cl)cc1.[Na+]. The molecule has 0 aromatic heterocycles. The summed E-state index contributed by atoms with van der Waals surface area (Å²) in [5.74, 6) is 0. The first-order valence-corrected chi connectivity index (χ1v) is 6.67. The molecule has 0 aliphatic heterocycles. The molecule has 0 aliphatic rings. The van der Waals surface area contributed by atoms with E-state index in [1.54, 1.807) is 13.8 Å². The average molecular weight is 299 g/mol. The zero-order valence-corrected chi connectivity index (χ0v) is 13.9. The smallest absolute Gasteiger partial charge is 0.446 e. The van der Waals surface area contributed by atoms with Crippen molar-refractivity contribution in [3.8, 4) is 0 Å². The Morgan fingerprint density at radius 2 is 1.78 bits per heavy atom. The maximum Gasteiger partial charge on any atom is 1.00 e. The van der Waals surface area contributed by atoms with Crippen LogP contribution in [-0.4, -0.2) is 20.5 Å². The number of carbonyl (C=O) groups excluding carboxylic acids is 1. The summed E-state index contributed by atoms with van der Waals surface area (Å²) in [5, 5.41) is 2.78. The van der Waals surface area contributed by atoms with E-state index in [4.69, 9.17) is 11.6 Å². The Balaban J connectivity index is 0.00000289. The Hall–Kier alpha value is -0.270. The molecule has 1 N–H and O–H groups in total. The molecule has 8 heteroatoms. The van der Waals surface area contributed by atoms with E-state index < -0.39 is 16.1 Å². The molecule has 1 rings (SSSR count). The monoisotopic (exact) mass is 298 g/mol. The number of urea groups is 1. The molecule has 0 unspecified atom stereocenters. The van der Waals surface area contributed by atoms with Crippen LogP contribution in [0.15, 0.2) is 29.2 Å². The summed E-state index contributed by atoms with van der Waals surface area (Å²) in [7, 11) is -3.97. The maximum atomic E-state index is 11.7. The van der Waals surface area contributed by atoms with Crippen molar-refractivity contribution in [2.75, 3.05) is 0 Å². The average Bonchev–Trinajstić information content (AvgIpc) is 2.15. The van der Waals surface area contributed by atoms with Crippen molar-refractivity contribution in [3.05, 3.63) is 34.0 Å². The normalized spacial score (nSPS) is 10.7. The van der Waals surface area contributed by atoms with Crippen LogP contribution in [0.1, 0.15) is 13.8 Å². The quantitative estimate of drug-likeness (QED) is 0.766. The molecule has 0 saturated carbocycles. The Morgan fingerprint density at radius 1 is 1.28 bits per heavy atom. The molecule has 1 aromatic carbocycles. The van der Waals surface area contributed by atoms with Gasteiger partial charge in [-0.3, -0.25) is 4.79 Å². The Morgan fingerprint density at radius 3 is 2.22 bits per heavy atom. The van der Waals surface area contributed by atoms with Gasteiger partial charge in [-0.1, -0.05) is 25.4 Å². The van der Waals surface area contributed by atoms with Gasteiger partial charge in [-0.15, -0.1) is 0 Å². The van der Waals surface area contributed by atoms with Crippen LogP contribution in [0, 0.1) is 0 Å². The standard InChI is InChI=1S/C10H13ClN2O3S.Na/c1-7(2)12-10(14)13-17(15,16)9-5-3-8(11)4-6-9;/h3-7H,1-2H3,(H2,12,13,14);/q;+1/p-1. The zero-order chi connectivity index (χ0) is 13.1. The second kappa shape index (κ2) is 7.35. The van der Waals surface area contributed by atoms with Crippen LogP contribution in [0.3, 0.4) is 0 Å². The number of carbonyl (C=O) groups is 1. The maximum absolute atomic E-state index is 11.7. The van der Waals surface area contributed by atoms with Crippen molar-refractivity contribution in [1.29, 1.82) is 0 Å². The zero-order valence-electron chi connectivity index (χ0n) is 10.3. The predicted molar refractivity (Wildman–Crippen MR) is 65.7 cm³/mol. The fourth-order valence-electron chi connectivity index (χ4n) is 1.04. The first kappa shape index (κ1) is 17.7. The summed E-state index contributed by atoms with van der Waals surface area (Å²) in [4.78, 5) is 11.2. The van der Waals surface area contributed by atoms with Crippen molar-refractivity contribution in [1.82, 2.24) is 5.32 Å². The van der Waals surface area contributed by atoms with Crippen molar-refractivity contribution in [2.45, 2.75) is 24.8 Å². The minimum atomic E-state index is -3.97. The van der Waals surface area contributed by atoms with E-state index in [9.17, 15) is 13.2 Å². The van der Waals surface area contributed by atoms with E-state index in [0.717, 1.165) is 0 Å². The number of sulfonamides is 1. The summed E-state index contributed by atoms with van der Waals surface area (Å²) >= 11 is 5.63. The van der Waals surface area contributed by atoms with Gasteiger partial charge in [0.15, 0.2) is 6.03 Å². The first-order chi connectivity index (χ1) is 7.81. The third kappa shape index (κ3) is 5.58. The van der Waals surface area contributed by atoms with Gasteiger partial charge in [-0.05, 0) is 30.3 Å². The van der Waals surface area contributed by atoms with Crippen molar-refractivity contribution in [3.63, 3.8) is 0 Å². The Bertz CT molecular complexity index is 502. The Kier molecular flexibility index (Phi) is 7.24. The molecule has 94 valence electrons. The summed E-state index contributed by atoms with van der Waals surface area (Å²) in [6, 6.07) is 4.38. The van der Waals surface area contributed by atoms with E-state index in [-0.39, 0.29) is 40.5 Å². The van der Waals surface area contributed by atoms with Crippen LogP contribution < -0.4 is 34.9 Å². The van der Waals surface area contributed by atoms with Crippen LogP contribution in [0.5, 0.6) is 0 Å². The molecule has 1 aromatic rings. The topological polar surface area (TPSA) is 77.3 Å². The van der Waals surface area contributed by atoms with Gasteiger partial charge in [0.2, 0.25) is 10.0 Å². The van der Waals surface area contributed by atoms with Gasteiger partial charge in [0.25, 0.3) is 0 Å². The minimum Gasteiger partial charge on any atom is -0.446 e. The molecular formula is C10H12ClN2NaO3S. The number of hydrogen-bond acceptors (Lipinski definition) is 3. The fourth-order valence-corrected chi connectivity index (χ4v) is 2.02. The van der Waals surface area contributed by atoms with E-state index >= 15 is 0 Å². The molecule has 0 atom stereocenters. The van der Waals surface area contributed by atoms with Gasteiger partial charge in [-0.2, -0.15) is 0 Å². The van der Waals surface area contributed by atoms with E-state index in [2.05, 4.69) is 10.0 Å². The predicted octanol–water partition coefficient (Wildman–Crippen LogP) is -0.476. The van der Waals surface area contributed by atoms with E-state index in [0.29, 0.717) is 5.02 Å². The first-order valence-electron chi connectivity index (χ1n) is 4.85. The number of rotatable bonds is 3. The van der Waals surface area contributed by atoms with E-state index in [1.807, 2.05) is 0 Å². The molecule has 0 heterocycles. The van der Waals surface area contributed by atoms with Gasteiger partial charge >= 0.3 is 29.6 Å². The second-order valence-electron chi connectivity index (χ2n) is 3.62. The van der Waals surface area contributed by atoms with Crippen LogP contribution >= 0.6 is 11.6 Å². The fraction of sp³-hybridized carbons (Fsp3) is 0.300. The van der Waals surface area contributed by atoms with Crippen LogP contribution in [0.25, 0.3) is 4.72 Å². The minimum absolute atomic E-state index is 0. The number of nitrogens with one attached hydrogen (secondary N) is 1. The second-order valence-corrected chi connectivity index (χ2v) is 5.67. The molecule has 5 nitrogen and oxygen atoms in total. The summed E-state index contributed by atoms with van der Waals surface area (Å²) in [6.45, 7) is 3.42. The summed E-state index contributed by atoms with van der Waals surface area (Å²) in [6.07, 6.45) is 0. The van der Waals surface area contributed by atoms with E-state index in [1.165, 1.54) is 24.3 Å². The number of nitrogens with zero attached hydrogens (tertiary/aromatic N) is 1. The van der Waals surface area contributed by atoms with Crippen molar-refractivity contribution in [2.24, 2.45) is 0 Å². The van der Waals surface area contributed by atoms with Gasteiger partial charge < -0.3 is 10.0 Å². The van der Waals surface area contributed by atoms with Gasteiger partial charge in [0.1, 0.15) is 0 Å². The number of amides is 2. The van der Waals surface area contributed by atoms with Crippen molar-refractivity contribution >= 4 is 27.7 Å². The molecule has 18 heavy (non-hydrogen) atoms. The molecule has 0 radical (unpaired) electrons. The van der Waals surface area contributed by atoms with Crippen LogP contribution in [0.2, 0.25) is 5.02 Å².